The fraction of sp³-hybridized carbons (Fsp3) is 0.304. The van der Waals surface area contributed by atoms with Gasteiger partial charge in [0.15, 0.2) is 5.96 Å². The molecule has 8 heteroatoms. The van der Waals surface area contributed by atoms with Crippen molar-refractivity contribution in [2.75, 3.05) is 27.2 Å². The molecule has 0 saturated heterocycles. The Morgan fingerprint density at radius 3 is 2.52 bits per heavy atom. The maximum absolute atomic E-state index is 13.1. The summed E-state index contributed by atoms with van der Waals surface area (Å²) in [6.45, 7) is 4.02. The lowest BCUT2D eigenvalue weighted by molar-refractivity contribution is 0.340. The van der Waals surface area contributed by atoms with E-state index in [1.54, 1.807) is 25.4 Å². The SMILES string of the molecule is CCOc1ccc(CN(C)C(=NC)NCCc2coc(-c3ccc(F)cc3)n2)cc1.I. The van der Waals surface area contributed by atoms with Crippen molar-refractivity contribution in [3.63, 3.8) is 0 Å². The quantitative estimate of drug-likeness (QED) is 0.255. The summed E-state index contributed by atoms with van der Waals surface area (Å²) in [5.41, 5.74) is 2.75. The van der Waals surface area contributed by atoms with Crippen LogP contribution in [0.5, 0.6) is 5.75 Å². The van der Waals surface area contributed by atoms with Crippen molar-refractivity contribution in [3.8, 4) is 17.2 Å². The Kier molecular flexibility index (Phi) is 9.77. The summed E-state index contributed by atoms with van der Waals surface area (Å²) in [5, 5.41) is 3.35. The molecule has 0 bridgehead atoms. The van der Waals surface area contributed by atoms with E-state index in [0.29, 0.717) is 25.5 Å². The summed E-state index contributed by atoms with van der Waals surface area (Å²) < 4.78 is 24.1. The third-order valence-corrected chi connectivity index (χ3v) is 4.53. The number of benzene rings is 2. The van der Waals surface area contributed by atoms with Crippen molar-refractivity contribution < 1.29 is 13.5 Å². The summed E-state index contributed by atoms with van der Waals surface area (Å²) in [7, 11) is 3.76. The topological polar surface area (TPSA) is 62.9 Å². The highest BCUT2D eigenvalue weighted by Gasteiger charge is 2.09. The Labute approximate surface area is 199 Å². The van der Waals surface area contributed by atoms with Crippen LogP contribution in [0.4, 0.5) is 4.39 Å². The van der Waals surface area contributed by atoms with E-state index in [1.807, 2.05) is 26.1 Å². The minimum Gasteiger partial charge on any atom is -0.494 e. The Bertz CT molecular complexity index is 958. The van der Waals surface area contributed by atoms with Gasteiger partial charge in [0.25, 0.3) is 0 Å². The van der Waals surface area contributed by atoms with E-state index < -0.39 is 0 Å². The number of hydrogen-bond donors (Lipinski definition) is 1. The fourth-order valence-electron chi connectivity index (χ4n) is 3.04. The van der Waals surface area contributed by atoms with E-state index >= 15 is 0 Å². The molecule has 0 amide bonds. The first-order valence-electron chi connectivity index (χ1n) is 9.93. The molecule has 0 radical (unpaired) electrons. The third kappa shape index (κ3) is 7.23. The minimum absolute atomic E-state index is 0. The minimum atomic E-state index is -0.282. The van der Waals surface area contributed by atoms with E-state index in [9.17, 15) is 4.39 Å². The van der Waals surface area contributed by atoms with Crippen LogP contribution >= 0.6 is 24.0 Å². The number of aliphatic imine (C=N–C) groups is 1. The number of ether oxygens (including phenoxy) is 1. The van der Waals surface area contributed by atoms with Gasteiger partial charge in [-0.1, -0.05) is 12.1 Å². The van der Waals surface area contributed by atoms with Gasteiger partial charge in [-0.2, -0.15) is 0 Å². The van der Waals surface area contributed by atoms with Crippen LogP contribution in [-0.2, 0) is 13.0 Å². The Hall–Kier alpha value is -2.62. The second kappa shape index (κ2) is 12.3. The molecule has 1 heterocycles. The molecule has 31 heavy (non-hydrogen) atoms. The van der Waals surface area contributed by atoms with Gasteiger partial charge < -0.3 is 19.4 Å². The van der Waals surface area contributed by atoms with Crippen molar-refractivity contribution in [1.82, 2.24) is 15.2 Å². The molecule has 2 aromatic carbocycles. The lowest BCUT2D eigenvalue weighted by atomic mass is 10.2. The molecule has 1 N–H and O–H groups in total. The van der Waals surface area contributed by atoms with E-state index in [1.165, 1.54) is 17.7 Å². The fourth-order valence-corrected chi connectivity index (χ4v) is 3.04. The van der Waals surface area contributed by atoms with E-state index in [0.717, 1.165) is 29.5 Å². The number of halogens is 2. The van der Waals surface area contributed by atoms with Gasteiger partial charge in [-0.15, -0.1) is 24.0 Å². The van der Waals surface area contributed by atoms with Gasteiger partial charge in [-0.3, -0.25) is 4.99 Å². The predicted molar refractivity (Wildman–Crippen MR) is 131 cm³/mol. The molecule has 0 aliphatic carbocycles. The highest BCUT2D eigenvalue weighted by molar-refractivity contribution is 14.0. The monoisotopic (exact) mass is 538 g/mol. The Morgan fingerprint density at radius 1 is 1.16 bits per heavy atom. The molecule has 6 nitrogen and oxygen atoms in total. The number of nitrogens with zero attached hydrogens (tertiary/aromatic N) is 3. The zero-order valence-electron chi connectivity index (χ0n) is 18.0. The smallest absolute Gasteiger partial charge is 0.226 e. The first kappa shape index (κ1) is 24.6. The average molecular weight is 538 g/mol. The van der Waals surface area contributed by atoms with E-state index in [-0.39, 0.29) is 29.8 Å². The molecule has 166 valence electrons. The highest BCUT2D eigenvalue weighted by atomic mass is 127. The van der Waals surface area contributed by atoms with E-state index in [4.69, 9.17) is 9.15 Å². The second-order valence-corrected chi connectivity index (χ2v) is 6.81. The first-order chi connectivity index (χ1) is 14.6. The maximum atomic E-state index is 13.1. The molecular weight excluding hydrogens is 510 g/mol. The number of aromatic nitrogens is 1. The zero-order valence-corrected chi connectivity index (χ0v) is 20.3. The summed E-state index contributed by atoms with van der Waals surface area (Å²) in [6.07, 6.45) is 2.31. The van der Waals surface area contributed by atoms with Crippen molar-refractivity contribution in [1.29, 1.82) is 0 Å². The van der Waals surface area contributed by atoms with Gasteiger partial charge in [-0.05, 0) is 48.9 Å². The number of guanidine groups is 1. The molecule has 3 aromatic rings. The van der Waals surface area contributed by atoms with Gasteiger partial charge in [0.2, 0.25) is 5.89 Å². The van der Waals surface area contributed by atoms with Crippen LogP contribution in [0.1, 0.15) is 18.2 Å². The van der Waals surface area contributed by atoms with Crippen molar-refractivity contribution in [2.24, 2.45) is 4.99 Å². The van der Waals surface area contributed by atoms with Gasteiger partial charge in [0.05, 0.1) is 12.3 Å². The maximum Gasteiger partial charge on any atom is 0.226 e. The summed E-state index contributed by atoms with van der Waals surface area (Å²) in [5.74, 6) is 1.88. The largest absolute Gasteiger partial charge is 0.494 e. The molecule has 3 rings (SSSR count). The van der Waals surface area contributed by atoms with Crippen LogP contribution < -0.4 is 10.1 Å². The molecular formula is C23H28FIN4O2. The van der Waals surface area contributed by atoms with Crippen LogP contribution in [0.2, 0.25) is 0 Å². The molecule has 0 saturated carbocycles. The van der Waals surface area contributed by atoms with Crippen molar-refractivity contribution in [2.45, 2.75) is 19.9 Å². The van der Waals surface area contributed by atoms with Crippen molar-refractivity contribution in [3.05, 3.63) is 71.9 Å². The molecule has 0 aliphatic heterocycles. The number of oxazole rings is 1. The molecule has 0 unspecified atom stereocenters. The zero-order chi connectivity index (χ0) is 21.3. The Morgan fingerprint density at radius 2 is 1.87 bits per heavy atom. The third-order valence-electron chi connectivity index (χ3n) is 4.53. The van der Waals surface area contributed by atoms with Crippen LogP contribution in [0.25, 0.3) is 11.5 Å². The lowest BCUT2D eigenvalue weighted by Crippen LogP contribution is -2.39. The van der Waals surface area contributed by atoms with Crippen LogP contribution in [-0.4, -0.2) is 43.1 Å². The number of nitrogens with one attached hydrogen (secondary N) is 1. The van der Waals surface area contributed by atoms with E-state index in [2.05, 4.69) is 32.3 Å². The van der Waals surface area contributed by atoms with Gasteiger partial charge >= 0.3 is 0 Å². The molecule has 0 aliphatic rings. The van der Waals surface area contributed by atoms with Crippen LogP contribution in [0.3, 0.4) is 0 Å². The first-order valence-corrected chi connectivity index (χ1v) is 9.93. The van der Waals surface area contributed by atoms with Gasteiger partial charge in [0, 0.05) is 39.2 Å². The lowest BCUT2D eigenvalue weighted by Gasteiger charge is -2.22. The summed E-state index contributed by atoms with van der Waals surface area (Å²) >= 11 is 0. The molecule has 0 spiro atoms. The standard InChI is InChI=1S/C23H27FN4O2.HI/c1-4-29-21-11-5-17(6-12-21)15-28(3)23(25-2)26-14-13-20-16-30-22(27-20)18-7-9-19(24)10-8-18;/h5-12,16H,4,13-15H2,1-3H3,(H,25,26);1H. The van der Waals surface area contributed by atoms with Crippen LogP contribution in [0, 0.1) is 5.82 Å². The highest BCUT2D eigenvalue weighted by Crippen LogP contribution is 2.19. The van der Waals surface area contributed by atoms with Crippen molar-refractivity contribution >= 4 is 29.9 Å². The van der Waals surface area contributed by atoms with Gasteiger partial charge in [0.1, 0.15) is 17.8 Å². The normalized spacial score (nSPS) is 11.0. The molecule has 1 aromatic heterocycles. The summed E-state index contributed by atoms with van der Waals surface area (Å²) in [4.78, 5) is 10.9. The molecule has 0 fully saturated rings. The Balaban J connectivity index is 0.00000341. The second-order valence-electron chi connectivity index (χ2n) is 6.81. The average Bonchev–Trinajstić information content (AvgIpc) is 3.22. The molecule has 0 atom stereocenters. The summed E-state index contributed by atoms with van der Waals surface area (Å²) in [6, 6.07) is 14.2. The van der Waals surface area contributed by atoms with Crippen LogP contribution in [0.15, 0.2) is 64.2 Å². The number of rotatable bonds is 8. The number of hydrogen-bond acceptors (Lipinski definition) is 4. The van der Waals surface area contributed by atoms with Gasteiger partial charge in [-0.25, -0.2) is 9.37 Å². The predicted octanol–water partition coefficient (Wildman–Crippen LogP) is 4.75.